The summed E-state index contributed by atoms with van der Waals surface area (Å²) in [6, 6.07) is 0. The number of hydrogen-bond acceptors (Lipinski definition) is 3. The molecule has 1 N–H and O–H groups in total. The van der Waals surface area contributed by atoms with Gasteiger partial charge in [0.15, 0.2) is 0 Å². The SMILES string of the molecule is CNCCC#Cc1cnc(Cl)nc1Cl. The zero-order valence-electron chi connectivity index (χ0n) is 7.64. The van der Waals surface area contributed by atoms with Crippen LogP contribution < -0.4 is 5.32 Å². The molecule has 0 radical (unpaired) electrons. The third-order valence-electron chi connectivity index (χ3n) is 1.44. The van der Waals surface area contributed by atoms with Crippen LogP contribution in [0.2, 0.25) is 10.4 Å². The number of halogens is 2. The second kappa shape index (κ2) is 5.82. The van der Waals surface area contributed by atoms with Crippen LogP contribution in [0.1, 0.15) is 12.0 Å². The highest BCUT2D eigenvalue weighted by atomic mass is 35.5. The van der Waals surface area contributed by atoms with Crippen LogP contribution in [0.4, 0.5) is 0 Å². The Hall–Kier alpha value is -0.820. The average Bonchev–Trinajstić information content (AvgIpc) is 2.15. The molecule has 0 bridgehead atoms. The Labute approximate surface area is 92.9 Å². The number of nitrogens with one attached hydrogen (secondary N) is 1. The van der Waals surface area contributed by atoms with E-state index in [1.165, 1.54) is 6.20 Å². The smallest absolute Gasteiger partial charge is 0.223 e. The number of nitrogens with zero attached hydrogens (tertiary/aromatic N) is 2. The van der Waals surface area contributed by atoms with Gasteiger partial charge in [0.1, 0.15) is 5.15 Å². The lowest BCUT2D eigenvalue weighted by molar-refractivity contribution is 0.818. The first-order valence-corrected chi connectivity index (χ1v) is 4.81. The van der Waals surface area contributed by atoms with Crippen LogP contribution >= 0.6 is 23.2 Å². The summed E-state index contributed by atoms with van der Waals surface area (Å²) < 4.78 is 0. The fourth-order valence-electron chi connectivity index (χ4n) is 0.770. The molecule has 0 aliphatic heterocycles. The molecule has 74 valence electrons. The van der Waals surface area contributed by atoms with Gasteiger partial charge in [-0.2, -0.15) is 0 Å². The van der Waals surface area contributed by atoms with E-state index in [9.17, 15) is 0 Å². The zero-order chi connectivity index (χ0) is 10.4. The zero-order valence-corrected chi connectivity index (χ0v) is 9.15. The number of aromatic nitrogens is 2. The van der Waals surface area contributed by atoms with E-state index in [0.717, 1.165) is 13.0 Å². The molecular formula is C9H9Cl2N3. The first-order chi connectivity index (χ1) is 6.74. The fourth-order valence-corrected chi connectivity index (χ4v) is 1.12. The third kappa shape index (κ3) is 3.51. The minimum Gasteiger partial charge on any atom is -0.319 e. The van der Waals surface area contributed by atoms with Crippen molar-refractivity contribution in [3.05, 3.63) is 22.2 Å². The summed E-state index contributed by atoms with van der Waals surface area (Å²) in [6.07, 6.45) is 2.28. The molecule has 1 heterocycles. The molecule has 0 atom stereocenters. The Balaban J connectivity index is 2.70. The van der Waals surface area contributed by atoms with Crippen LogP contribution in [0.15, 0.2) is 6.20 Å². The standard InChI is InChI=1S/C9H9Cl2N3/c1-12-5-3-2-4-7-6-13-9(11)14-8(7)10/h6,12H,3,5H2,1H3. The van der Waals surface area contributed by atoms with E-state index < -0.39 is 0 Å². The molecule has 0 unspecified atom stereocenters. The summed E-state index contributed by atoms with van der Waals surface area (Å²) in [6.45, 7) is 0.846. The molecule has 0 fully saturated rings. The molecule has 0 saturated carbocycles. The van der Waals surface area contributed by atoms with Gasteiger partial charge in [-0.25, -0.2) is 9.97 Å². The molecule has 1 rings (SSSR count). The van der Waals surface area contributed by atoms with Crippen molar-refractivity contribution < 1.29 is 0 Å². The molecular weight excluding hydrogens is 221 g/mol. The molecule has 14 heavy (non-hydrogen) atoms. The van der Waals surface area contributed by atoms with E-state index in [4.69, 9.17) is 23.2 Å². The van der Waals surface area contributed by atoms with E-state index in [1.807, 2.05) is 7.05 Å². The lowest BCUT2D eigenvalue weighted by Gasteiger charge is -1.93. The van der Waals surface area contributed by atoms with Crippen LogP contribution in [0.25, 0.3) is 0 Å². The van der Waals surface area contributed by atoms with Gasteiger partial charge in [0.2, 0.25) is 5.28 Å². The van der Waals surface area contributed by atoms with Crippen LogP contribution in [0.3, 0.4) is 0 Å². The van der Waals surface area contributed by atoms with Gasteiger partial charge in [-0.3, -0.25) is 0 Å². The predicted octanol–water partition coefficient (Wildman–Crippen LogP) is 1.74. The normalized spacial score (nSPS) is 9.36. The quantitative estimate of drug-likeness (QED) is 0.364. The first kappa shape index (κ1) is 11.3. The van der Waals surface area contributed by atoms with Gasteiger partial charge in [-0.15, -0.1) is 0 Å². The minimum atomic E-state index is 0.135. The topological polar surface area (TPSA) is 37.8 Å². The lowest BCUT2D eigenvalue weighted by atomic mass is 10.3. The summed E-state index contributed by atoms with van der Waals surface area (Å²) in [4.78, 5) is 7.56. The minimum absolute atomic E-state index is 0.135. The number of hydrogen-bond donors (Lipinski definition) is 1. The van der Waals surface area contributed by atoms with Gasteiger partial charge in [-0.05, 0) is 18.6 Å². The largest absolute Gasteiger partial charge is 0.319 e. The summed E-state index contributed by atoms with van der Waals surface area (Å²) >= 11 is 11.3. The lowest BCUT2D eigenvalue weighted by Crippen LogP contribution is -2.05. The van der Waals surface area contributed by atoms with Crippen molar-refractivity contribution >= 4 is 23.2 Å². The summed E-state index contributed by atoms with van der Waals surface area (Å²) in [5.74, 6) is 5.81. The molecule has 0 saturated heterocycles. The highest BCUT2D eigenvalue weighted by Crippen LogP contribution is 2.12. The van der Waals surface area contributed by atoms with E-state index in [-0.39, 0.29) is 5.28 Å². The molecule has 0 aliphatic rings. The molecule has 1 aromatic rings. The molecule has 1 aromatic heterocycles. The molecule has 0 aromatic carbocycles. The maximum atomic E-state index is 5.79. The van der Waals surface area contributed by atoms with E-state index in [1.54, 1.807) is 0 Å². The fraction of sp³-hybridized carbons (Fsp3) is 0.333. The molecule has 3 nitrogen and oxygen atoms in total. The van der Waals surface area contributed by atoms with Gasteiger partial charge in [0.25, 0.3) is 0 Å². The van der Waals surface area contributed by atoms with E-state index in [2.05, 4.69) is 27.1 Å². The predicted molar refractivity (Wildman–Crippen MR) is 57.5 cm³/mol. The van der Waals surface area contributed by atoms with Crippen molar-refractivity contribution in [1.29, 1.82) is 0 Å². The van der Waals surface area contributed by atoms with Gasteiger partial charge in [0.05, 0.1) is 5.56 Å². The van der Waals surface area contributed by atoms with Crippen LogP contribution in [-0.2, 0) is 0 Å². The second-order valence-electron chi connectivity index (χ2n) is 2.50. The van der Waals surface area contributed by atoms with Crippen molar-refractivity contribution in [3.8, 4) is 11.8 Å². The summed E-state index contributed by atoms with van der Waals surface area (Å²) in [5.41, 5.74) is 0.604. The summed E-state index contributed by atoms with van der Waals surface area (Å²) in [7, 11) is 1.88. The Morgan fingerprint density at radius 3 is 2.93 bits per heavy atom. The molecule has 0 aliphatic carbocycles. The Morgan fingerprint density at radius 1 is 1.50 bits per heavy atom. The van der Waals surface area contributed by atoms with Crippen molar-refractivity contribution in [1.82, 2.24) is 15.3 Å². The molecule has 0 amide bonds. The second-order valence-corrected chi connectivity index (χ2v) is 3.19. The number of rotatable bonds is 2. The van der Waals surface area contributed by atoms with Gasteiger partial charge >= 0.3 is 0 Å². The first-order valence-electron chi connectivity index (χ1n) is 4.05. The van der Waals surface area contributed by atoms with Crippen molar-refractivity contribution in [2.24, 2.45) is 0 Å². The van der Waals surface area contributed by atoms with Crippen LogP contribution in [-0.4, -0.2) is 23.6 Å². The maximum absolute atomic E-state index is 5.79. The Bertz CT molecular complexity index is 368. The Morgan fingerprint density at radius 2 is 2.29 bits per heavy atom. The van der Waals surface area contributed by atoms with Gasteiger partial charge in [-0.1, -0.05) is 23.4 Å². The summed E-state index contributed by atoms with van der Waals surface area (Å²) in [5, 5.41) is 3.42. The van der Waals surface area contributed by atoms with Crippen molar-refractivity contribution in [3.63, 3.8) is 0 Å². The van der Waals surface area contributed by atoms with Crippen LogP contribution in [0.5, 0.6) is 0 Å². The van der Waals surface area contributed by atoms with Gasteiger partial charge < -0.3 is 5.32 Å². The van der Waals surface area contributed by atoms with Crippen molar-refractivity contribution in [2.75, 3.05) is 13.6 Å². The Kier molecular flexibility index (Phi) is 4.68. The van der Waals surface area contributed by atoms with E-state index >= 15 is 0 Å². The monoisotopic (exact) mass is 229 g/mol. The highest BCUT2D eigenvalue weighted by molar-refractivity contribution is 6.32. The average molecular weight is 230 g/mol. The molecule has 0 spiro atoms. The van der Waals surface area contributed by atoms with Gasteiger partial charge in [0, 0.05) is 19.2 Å². The molecule has 5 heteroatoms. The van der Waals surface area contributed by atoms with Crippen molar-refractivity contribution in [2.45, 2.75) is 6.42 Å². The van der Waals surface area contributed by atoms with E-state index in [0.29, 0.717) is 10.7 Å². The third-order valence-corrected chi connectivity index (χ3v) is 1.91. The van der Waals surface area contributed by atoms with Crippen LogP contribution in [0, 0.1) is 11.8 Å². The highest BCUT2D eigenvalue weighted by Gasteiger charge is 1.99. The maximum Gasteiger partial charge on any atom is 0.223 e.